The molecule has 0 saturated heterocycles. The molecule has 1 aromatic carbocycles. The monoisotopic (exact) mass is 257 g/mol. The van der Waals surface area contributed by atoms with Gasteiger partial charge in [0.15, 0.2) is 0 Å². The van der Waals surface area contributed by atoms with Gasteiger partial charge in [-0.3, -0.25) is 0 Å². The summed E-state index contributed by atoms with van der Waals surface area (Å²) in [4.78, 5) is 0.195. The summed E-state index contributed by atoms with van der Waals surface area (Å²) in [6.07, 6.45) is 0. The van der Waals surface area contributed by atoms with Gasteiger partial charge in [-0.1, -0.05) is 0 Å². The minimum atomic E-state index is -3.44. The minimum Gasteiger partial charge on any atom is -0.397 e. The maximum absolute atomic E-state index is 11.7. The Morgan fingerprint density at radius 2 is 1.82 bits per heavy atom. The lowest BCUT2D eigenvalue weighted by atomic mass is 10.1. The number of rotatable bonds is 3. The van der Waals surface area contributed by atoms with Crippen molar-refractivity contribution in [2.24, 2.45) is 0 Å². The predicted octanol–water partition coefficient (Wildman–Crippen LogP) is 1.39. The highest BCUT2D eigenvalue weighted by molar-refractivity contribution is 7.89. The quantitative estimate of drug-likeness (QED) is 0.714. The van der Waals surface area contributed by atoms with Crippen molar-refractivity contribution < 1.29 is 8.42 Å². The van der Waals surface area contributed by atoms with Gasteiger partial charge in [0, 0.05) is 5.54 Å². The Kier molecular flexibility index (Phi) is 3.68. The molecule has 0 aliphatic heterocycles. The van der Waals surface area contributed by atoms with E-state index in [1.807, 2.05) is 20.8 Å². The van der Waals surface area contributed by atoms with Gasteiger partial charge in [0.25, 0.3) is 0 Å². The van der Waals surface area contributed by atoms with Gasteiger partial charge in [-0.25, -0.2) is 13.1 Å². The van der Waals surface area contributed by atoms with Gasteiger partial charge in [-0.05, 0) is 46.0 Å². The molecule has 6 heteroatoms. The number of hydrogen-bond donors (Lipinski definition) is 3. The van der Waals surface area contributed by atoms with E-state index in [1.165, 1.54) is 19.2 Å². The zero-order valence-corrected chi connectivity index (χ0v) is 11.4. The molecule has 1 aromatic rings. The number of benzene rings is 1. The first-order valence-corrected chi connectivity index (χ1v) is 6.75. The van der Waals surface area contributed by atoms with E-state index in [4.69, 9.17) is 5.73 Å². The third kappa shape index (κ3) is 3.61. The lowest BCUT2D eigenvalue weighted by Gasteiger charge is -2.23. The summed E-state index contributed by atoms with van der Waals surface area (Å²) in [5, 5.41) is 3.17. The summed E-state index contributed by atoms with van der Waals surface area (Å²) >= 11 is 0. The zero-order valence-electron chi connectivity index (χ0n) is 10.5. The molecule has 0 atom stereocenters. The van der Waals surface area contributed by atoms with E-state index in [-0.39, 0.29) is 10.4 Å². The van der Waals surface area contributed by atoms with E-state index in [9.17, 15) is 8.42 Å². The van der Waals surface area contributed by atoms with Crippen molar-refractivity contribution in [3.63, 3.8) is 0 Å². The summed E-state index contributed by atoms with van der Waals surface area (Å²) < 4.78 is 25.6. The molecule has 0 aromatic heterocycles. The molecule has 0 saturated carbocycles. The highest BCUT2D eigenvalue weighted by atomic mass is 32.2. The molecule has 4 N–H and O–H groups in total. The van der Waals surface area contributed by atoms with Gasteiger partial charge in [-0.15, -0.1) is 0 Å². The Bertz CT molecular complexity index is 504. The molecule has 0 aliphatic carbocycles. The zero-order chi connectivity index (χ0) is 13.3. The highest BCUT2D eigenvalue weighted by Gasteiger charge is 2.16. The van der Waals surface area contributed by atoms with Gasteiger partial charge in [0.1, 0.15) is 0 Å². The lowest BCUT2D eigenvalue weighted by Crippen LogP contribution is -2.27. The number of nitrogen functional groups attached to an aromatic ring is 1. The molecule has 0 heterocycles. The number of sulfonamides is 1. The van der Waals surface area contributed by atoms with Crippen LogP contribution in [-0.2, 0) is 10.0 Å². The molecule has 0 spiro atoms. The maximum atomic E-state index is 11.7. The largest absolute Gasteiger partial charge is 0.397 e. The van der Waals surface area contributed by atoms with Gasteiger partial charge in [0.05, 0.1) is 16.3 Å². The highest BCUT2D eigenvalue weighted by Crippen LogP contribution is 2.25. The second-order valence-electron chi connectivity index (χ2n) is 4.83. The van der Waals surface area contributed by atoms with Crippen molar-refractivity contribution in [2.45, 2.75) is 31.2 Å². The van der Waals surface area contributed by atoms with Crippen molar-refractivity contribution in [2.75, 3.05) is 18.1 Å². The molecule has 0 bridgehead atoms. The van der Waals surface area contributed by atoms with E-state index >= 15 is 0 Å². The normalized spacial score (nSPS) is 12.5. The Balaban J connectivity index is 3.21. The number of hydrogen-bond acceptors (Lipinski definition) is 4. The molecule has 0 unspecified atom stereocenters. The standard InChI is InChI=1S/C11H19N3O2S/c1-11(2,3)14-10-7-8(5-6-9(10)12)17(15,16)13-4/h5-7,13-14H,12H2,1-4H3. The van der Waals surface area contributed by atoms with E-state index in [0.717, 1.165) is 0 Å². The van der Waals surface area contributed by atoms with Gasteiger partial charge in [-0.2, -0.15) is 0 Å². The van der Waals surface area contributed by atoms with E-state index < -0.39 is 10.0 Å². The maximum Gasteiger partial charge on any atom is 0.240 e. The van der Waals surface area contributed by atoms with E-state index in [2.05, 4.69) is 10.0 Å². The first-order valence-electron chi connectivity index (χ1n) is 5.27. The molecule has 0 amide bonds. The van der Waals surface area contributed by atoms with Crippen LogP contribution >= 0.6 is 0 Å². The van der Waals surface area contributed by atoms with Crippen molar-refractivity contribution in [1.29, 1.82) is 0 Å². The predicted molar refractivity (Wildman–Crippen MR) is 70.5 cm³/mol. The van der Waals surface area contributed by atoms with Gasteiger partial charge < -0.3 is 11.1 Å². The van der Waals surface area contributed by atoms with Gasteiger partial charge in [0.2, 0.25) is 10.0 Å². The third-order valence-corrected chi connectivity index (χ3v) is 3.53. The van der Waals surface area contributed by atoms with Crippen LogP contribution in [0, 0.1) is 0 Å². The smallest absolute Gasteiger partial charge is 0.240 e. The summed E-state index contributed by atoms with van der Waals surface area (Å²) in [6, 6.07) is 4.60. The van der Waals surface area contributed by atoms with Crippen molar-refractivity contribution in [3.8, 4) is 0 Å². The van der Waals surface area contributed by atoms with Gasteiger partial charge >= 0.3 is 0 Å². The molecule has 17 heavy (non-hydrogen) atoms. The molecule has 1 rings (SSSR count). The average molecular weight is 257 g/mol. The molecule has 96 valence electrons. The second-order valence-corrected chi connectivity index (χ2v) is 6.72. The summed E-state index contributed by atoms with van der Waals surface area (Å²) in [7, 11) is -2.06. The van der Waals surface area contributed by atoms with Crippen LogP contribution in [0.5, 0.6) is 0 Å². The summed E-state index contributed by atoms with van der Waals surface area (Å²) in [5.41, 5.74) is 6.76. The topological polar surface area (TPSA) is 84.2 Å². The van der Waals surface area contributed by atoms with Crippen LogP contribution in [0.1, 0.15) is 20.8 Å². The Morgan fingerprint density at radius 1 is 1.24 bits per heavy atom. The van der Waals surface area contributed by atoms with E-state index in [0.29, 0.717) is 11.4 Å². The van der Waals surface area contributed by atoms with Crippen LogP contribution in [0.4, 0.5) is 11.4 Å². The molecular weight excluding hydrogens is 238 g/mol. The van der Waals surface area contributed by atoms with Crippen LogP contribution < -0.4 is 15.8 Å². The number of anilines is 2. The van der Waals surface area contributed by atoms with Crippen molar-refractivity contribution >= 4 is 21.4 Å². The van der Waals surface area contributed by atoms with Crippen LogP contribution in [0.3, 0.4) is 0 Å². The van der Waals surface area contributed by atoms with Crippen molar-refractivity contribution in [3.05, 3.63) is 18.2 Å². The Labute approximate surface area is 102 Å². The van der Waals surface area contributed by atoms with Crippen LogP contribution in [0.2, 0.25) is 0 Å². The van der Waals surface area contributed by atoms with Crippen LogP contribution in [0.25, 0.3) is 0 Å². The molecule has 0 fully saturated rings. The second kappa shape index (κ2) is 4.54. The minimum absolute atomic E-state index is 0.184. The van der Waals surface area contributed by atoms with Crippen LogP contribution in [-0.4, -0.2) is 21.0 Å². The summed E-state index contributed by atoms with van der Waals surface area (Å²) in [6.45, 7) is 5.93. The van der Waals surface area contributed by atoms with Crippen molar-refractivity contribution in [1.82, 2.24) is 4.72 Å². The number of nitrogens with two attached hydrogens (primary N) is 1. The first-order chi connectivity index (χ1) is 7.65. The fourth-order valence-electron chi connectivity index (χ4n) is 1.33. The molecule has 5 nitrogen and oxygen atoms in total. The average Bonchev–Trinajstić information content (AvgIpc) is 2.19. The summed E-state index contributed by atoms with van der Waals surface area (Å²) in [5.74, 6) is 0. The molecule has 0 radical (unpaired) electrons. The number of nitrogens with one attached hydrogen (secondary N) is 2. The Hall–Kier alpha value is -1.27. The Morgan fingerprint density at radius 3 is 2.29 bits per heavy atom. The molecule has 0 aliphatic rings. The van der Waals surface area contributed by atoms with E-state index in [1.54, 1.807) is 6.07 Å². The SMILES string of the molecule is CNS(=O)(=O)c1ccc(N)c(NC(C)(C)C)c1. The third-order valence-electron chi connectivity index (χ3n) is 2.11. The molecular formula is C11H19N3O2S. The lowest BCUT2D eigenvalue weighted by molar-refractivity contribution is 0.588. The fourth-order valence-corrected chi connectivity index (χ4v) is 2.09. The fraction of sp³-hybridized carbons (Fsp3) is 0.455. The van der Waals surface area contributed by atoms with Crippen LogP contribution in [0.15, 0.2) is 23.1 Å². The first kappa shape index (κ1) is 13.8.